The number of ether oxygens (including phenoxy) is 2. The predicted octanol–water partition coefficient (Wildman–Crippen LogP) is 3.15. The minimum absolute atomic E-state index is 0.138. The number of piperidine rings is 1. The number of methoxy groups -OCH3 is 2. The molecular weight excluding hydrogens is 408 g/mol. The third kappa shape index (κ3) is 4.98. The number of carbonyl (C=O) groups excluding carboxylic acids is 1. The van der Waals surface area contributed by atoms with Crippen molar-refractivity contribution in [3.05, 3.63) is 30.0 Å². The molecule has 1 aromatic heterocycles. The number of aryl methyl sites for hydroxylation is 1. The van der Waals surface area contributed by atoms with Gasteiger partial charge in [-0.3, -0.25) is 0 Å². The maximum Gasteiger partial charge on any atom is 0.322 e. The minimum Gasteiger partial charge on any atom is -0.497 e. The zero-order chi connectivity index (χ0) is 22.5. The van der Waals surface area contributed by atoms with Crippen molar-refractivity contribution in [3.63, 3.8) is 0 Å². The highest BCUT2D eigenvalue weighted by molar-refractivity contribution is 5.91. The predicted molar refractivity (Wildman–Crippen MR) is 125 cm³/mol. The summed E-state index contributed by atoms with van der Waals surface area (Å²) in [4.78, 5) is 28.7. The molecular formula is C23H32N6O3. The molecule has 1 N–H and O–H groups in total. The van der Waals surface area contributed by atoms with Crippen LogP contribution in [0.2, 0.25) is 0 Å². The quantitative estimate of drug-likeness (QED) is 0.765. The third-order valence-electron chi connectivity index (χ3n) is 6.01. The number of hydrogen-bond acceptors (Lipinski definition) is 7. The van der Waals surface area contributed by atoms with Gasteiger partial charge in [-0.1, -0.05) is 0 Å². The molecule has 32 heavy (non-hydrogen) atoms. The van der Waals surface area contributed by atoms with Gasteiger partial charge in [-0.05, 0) is 38.3 Å². The van der Waals surface area contributed by atoms with Crippen molar-refractivity contribution in [1.82, 2.24) is 14.9 Å². The summed E-state index contributed by atoms with van der Waals surface area (Å²) < 4.78 is 10.6. The fourth-order valence-electron chi connectivity index (χ4n) is 4.17. The monoisotopic (exact) mass is 440 g/mol. The second kappa shape index (κ2) is 9.93. The van der Waals surface area contributed by atoms with Crippen molar-refractivity contribution in [2.24, 2.45) is 0 Å². The Labute approximate surface area is 189 Å². The number of nitrogens with one attached hydrogen (secondary N) is 1. The number of amides is 2. The number of hydrogen-bond donors (Lipinski definition) is 1. The normalized spacial score (nSPS) is 16.7. The number of nitrogens with zero attached hydrogens (tertiary/aromatic N) is 5. The average molecular weight is 441 g/mol. The van der Waals surface area contributed by atoms with Gasteiger partial charge in [0.05, 0.1) is 19.9 Å². The van der Waals surface area contributed by atoms with Crippen LogP contribution in [0.5, 0.6) is 11.5 Å². The summed E-state index contributed by atoms with van der Waals surface area (Å²) in [5.41, 5.74) is 1.60. The molecule has 2 aliphatic heterocycles. The van der Waals surface area contributed by atoms with Gasteiger partial charge in [-0.25, -0.2) is 9.78 Å². The molecule has 0 aliphatic carbocycles. The highest BCUT2D eigenvalue weighted by Gasteiger charge is 2.24. The number of carbonyl (C=O) groups is 1. The van der Waals surface area contributed by atoms with Crippen molar-refractivity contribution in [2.45, 2.75) is 26.2 Å². The smallest absolute Gasteiger partial charge is 0.322 e. The van der Waals surface area contributed by atoms with Gasteiger partial charge in [0, 0.05) is 57.1 Å². The van der Waals surface area contributed by atoms with Crippen molar-refractivity contribution in [2.75, 3.05) is 68.6 Å². The Bertz CT molecular complexity index is 939. The molecule has 3 heterocycles. The Hall–Kier alpha value is -3.23. The molecule has 172 valence electrons. The van der Waals surface area contributed by atoms with Gasteiger partial charge < -0.3 is 29.5 Å². The Morgan fingerprint density at radius 1 is 0.906 bits per heavy atom. The van der Waals surface area contributed by atoms with Crippen molar-refractivity contribution < 1.29 is 14.3 Å². The van der Waals surface area contributed by atoms with Crippen LogP contribution in [-0.4, -0.2) is 74.4 Å². The van der Waals surface area contributed by atoms with Gasteiger partial charge in [-0.15, -0.1) is 0 Å². The molecule has 4 rings (SSSR count). The Balaban J connectivity index is 1.38. The number of rotatable bonds is 5. The molecule has 0 unspecified atom stereocenters. The first kappa shape index (κ1) is 22.0. The van der Waals surface area contributed by atoms with Gasteiger partial charge in [0.1, 0.15) is 17.3 Å². The van der Waals surface area contributed by atoms with Gasteiger partial charge in [0.2, 0.25) is 5.95 Å². The van der Waals surface area contributed by atoms with Gasteiger partial charge in [0.25, 0.3) is 0 Å². The van der Waals surface area contributed by atoms with Crippen LogP contribution in [0.15, 0.2) is 24.3 Å². The second-order valence-electron chi connectivity index (χ2n) is 8.19. The third-order valence-corrected chi connectivity index (χ3v) is 6.01. The summed E-state index contributed by atoms with van der Waals surface area (Å²) in [7, 11) is 3.17. The summed E-state index contributed by atoms with van der Waals surface area (Å²) in [6.07, 6.45) is 3.67. The van der Waals surface area contributed by atoms with Crippen molar-refractivity contribution in [1.29, 1.82) is 0 Å². The number of benzene rings is 1. The average Bonchev–Trinajstić information content (AvgIpc) is 2.84. The Morgan fingerprint density at radius 3 is 2.34 bits per heavy atom. The maximum atomic E-state index is 12.8. The lowest BCUT2D eigenvalue weighted by Gasteiger charge is -2.36. The first-order valence-corrected chi connectivity index (χ1v) is 11.2. The SMILES string of the molecule is COc1ccc(NC(=O)N2CCN(c3cc(C)nc(N4CCCCC4)n3)CC2)c(OC)c1. The fourth-order valence-corrected chi connectivity index (χ4v) is 4.17. The highest BCUT2D eigenvalue weighted by atomic mass is 16.5. The molecule has 2 aromatic rings. The number of urea groups is 1. The van der Waals surface area contributed by atoms with Crippen molar-refractivity contribution in [3.8, 4) is 11.5 Å². The summed E-state index contributed by atoms with van der Waals surface area (Å²) in [5, 5.41) is 2.95. The van der Waals surface area contributed by atoms with Crippen LogP contribution in [0.25, 0.3) is 0 Å². The molecule has 1 aromatic carbocycles. The minimum atomic E-state index is -0.138. The van der Waals surface area contributed by atoms with Crippen LogP contribution in [-0.2, 0) is 0 Å². The van der Waals surface area contributed by atoms with Crippen LogP contribution < -0.4 is 24.6 Å². The summed E-state index contributed by atoms with van der Waals surface area (Å²) in [6.45, 7) is 6.74. The van der Waals surface area contributed by atoms with Gasteiger partial charge >= 0.3 is 6.03 Å². The van der Waals surface area contributed by atoms with Gasteiger partial charge in [-0.2, -0.15) is 4.98 Å². The molecule has 9 nitrogen and oxygen atoms in total. The number of aromatic nitrogens is 2. The molecule has 2 amide bonds. The van der Waals surface area contributed by atoms with E-state index in [-0.39, 0.29) is 6.03 Å². The van der Waals surface area contributed by atoms with E-state index in [0.717, 1.165) is 43.6 Å². The van der Waals surface area contributed by atoms with Crippen LogP contribution in [0.1, 0.15) is 25.0 Å². The molecule has 2 saturated heterocycles. The topological polar surface area (TPSA) is 83.1 Å². The zero-order valence-corrected chi connectivity index (χ0v) is 19.1. The van der Waals surface area contributed by atoms with Crippen LogP contribution in [0.4, 0.5) is 22.2 Å². The van der Waals surface area contributed by atoms with Crippen LogP contribution in [0, 0.1) is 6.92 Å². The standard InChI is InChI=1S/C23H32N6O3/c1-17-15-21(26-22(24-17)28-9-5-4-6-10-28)27-11-13-29(14-12-27)23(30)25-19-8-7-18(31-2)16-20(19)32-3/h7-8,15-16H,4-6,9-14H2,1-3H3,(H,25,30). The first-order chi connectivity index (χ1) is 15.6. The largest absolute Gasteiger partial charge is 0.497 e. The maximum absolute atomic E-state index is 12.8. The van der Waals surface area contributed by atoms with Crippen molar-refractivity contribution >= 4 is 23.5 Å². The summed E-state index contributed by atoms with van der Waals surface area (Å²) >= 11 is 0. The van der Waals surface area contributed by atoms with E-state index in [1.807, 2.05) is 17.9 Å². The lowest BCUT2D eigenvalue weighted by atomic mass is 10.1. The second-order valence-corrected chi connectivity index (χ2v) is 8.19. The van der Waals surface area contributed by atoms with E-state index in [9.17, 15) is 4.79 Å². The van der Waals surface area contributed by atoms with Crippen LogP contribution in [0.3, 0.4) is 0 Å². The molecule has 2 fully saturated rings. The molecule has 2 aliphatic rings. The van der Waals surface area contributed by atoms with E-state index in [1.54, 1.807) is 32.4 Å². The molecule has 0 atom stereocenters. The summed E-state index contributed by atoms with van der Waals surface area (Å²) in [6, 6.07) is 7.24. The fraction of sp³-hybridized carbons (Fsp3) is 0.522. The van der Waals surface area contributed by atoms with Crippen LogP contribution >= 0.6 is 0 Å². The molecule has 0 spiro atoms. The number of anilines is 3. The molecule has 0 radical (unpaired) electrons. The van der Waals surface area contributed by atoms with E-state index in [0.29, 0.717) is 30.3 Å². The lowest BCUT2D eigenvalue weighted by Crippen LogP contribution is -2.50. The lowest BCUT2D eigenvalue weighted by molar-refractivity contribution is 0.208. The molecule has 0 bridgehead atoms. The molecule has 9 heteroatoms. The van der Waals surface area contributed by atoms with E-state index >= 15 is 0 Å². The molecule has 0 saturated carbocycles. The highest BCUT2D eigenvalue weighted by Crippen LogP contribution is 2.29. The van der Waals surface area contributed by atoms with Gasteiger partial charge in [0.15, 0.2) is 0 Å². The van der Waals surface area contributed by atoms with E-state index in [2.05, 4.69) is 20.1 Å². The Kier molecular flexibility index (Phi) is 6.82. The van der Waals surface area contributed by atoms with E-state index in [4.69, 9.17) is 14.5 Å². The van der Waals surface area contributed by atoms with E-state index < -0.39 is 0 Å². The van der Waals surface area contributed by atoms with E-state index in [1.165, 1.54) is 19.3 Å². The summed E-state index contributed by atoms with van der Waals surface area (Å²) in [5.74, 6) is 3.01. The number of piperazine rings is 1. The first-order valence-electron chi connectivity index (χ1n) is 11.2. The Morgan fingerprint density at radius 2 is 1.66 bits per heavy atom. The zero-order valence-electron chi connectivity index (χ0n) is 19.1.